The van der Waals surface area contributed by atoms with Crippen LogP contribution in [0.3, 0.4) is 0 Å². The van der Waals surface area contributed by atoms with Crippen LogP contribution in [0.5, 0.6) is 0 Å². The Balaban J connectivity index is 1.87. The van der Waals surface area contributed by atoms with Crippen molar-refractivity contribution in [2.75, 3.05) is 13.1 Å². The summed E-state index contributed by atoms with van der Waals surface area (Å²) in [6.45, 7) is 3.19. The molecular weight excluding hydrogens is 232 g/mol. The highest BCUT2D eigenvalue weighted by molar-refractivity contribution is 5.65. The van der Waals surface area contributed by atoms with Gasteiger partial charge in [0, 0.05) is 6.54 Å². The zero-order valence-corrected chi connectivity index (χ0v) is 10.4. The normalized spacial score (nSPS) is 23.3. The van der Waals surface area contributed by atoms with Crippen molar-refractivity contribution in [2.24, 2.45) is 5.73 Å². The summed E-state index contributed by atoms with van der Waals surface area (Å²) in [5.74, 6) is 0. The first-order valence-corrected chi connectivity index (χ1v) is 5.97. The average Bonchev–Trinajstić information content (AvgIpc) is 2.70. The standard InChI is InChI=1S/C13H18N2O3/c1-9-2-4-10(5-3-9)8-18-12-7-15(13(16)17)6-11(12)14/h2-5,11-12H,6-8,14H2,1H3,(H,16,17)/t11-,12-/m0/s1. The molecule has 1 aromatic rings. The molecule has 0 saturated carbocycles. The Kier molecular flexibility index (Phi) is 3.84. The number of ether oxygens (including phenoxy) is 1. The molecule has 1 fully saturated rings. The molecule has 1 aromatic carbocycles. The van der Waals surface area contributed by atoms with Crippen LogP contribution in [0.2, 0.25) is 0 Å². The van der Waals surface area contributed by atoms with Gasteiger partial charge in [-0.3, -0.25) is 0 Å². The van der Waals surface area contributed by atoms with Gasteiger partial charge in [0.05, 0.1) is 25.3 Å². The van der Waals surface area contributed by atoms with Crippen LogP contribution in [0.1, 0.15) is 11.1 Å². The Labute approximate surface area is 106 Å². The Morgan fingerprint density at radius 1 is 1.44 bits per heavy atom. The minimum atomic E-state index is -0.938. The van der Waals surface area contributed by atoms with Crippen LogP contribution in [-0.4, -0.2) is 41.3 Å². The van der Waals surface area contributed by atoms with Crippen molar-refractivity contribution in [1.82, 2.24) is 4.90 Å². The molecule has 0 spiro atoms. The molecule has 1 saturated heterocycles. The Morgan fingerprint density at radius 2 is 2.11 bits per heavy atom. The van der Waals surface area contributed by atoms with E-state index >= 15 is 0 Å². The second-order valence-electron chi connectivity index (χ2n) is 4.69. The van der Waals surface area contributed by atoms with Crippen molar-refractivity contribution in [3.8, 4) is 0 Å². The minimum absolute atomic E-state index is 0.220. The van der Waals surface area contributed by atoms with E-state index in [4.69, 9.17) is 15.6 Å². The smallest absolute Gasteiger partial charge is 0.407 e. The molecule has 1 aliphatic rings. The number of nitrogens with two attached hydrogens (primary N) is 1. The first-order chi connectivity index (χ1) is 8.56. The van der Waals surface area contributed by atoms with Gasteiger partial charge in [0.25, 0.3) is 0 Å². The molecule has 0 unspecified atom stereocenters. The number of amides is 1. The second-order valence-corrected chi connectivity index (χ2v) is 4.69. The molecule has 2 rings (SSSR count). The number of benzene rings is 1. The molecule has 1 heterocycles. The molecule has 0 aliphatic carbocycles. The van der Waals surface area contributed by atoms with E-state index in [1.165, 1.54) is 10.5 Å². The molecule has 98 valence electrons. The number of rotatable bonds is 3. The Bertz CT molecular complexity index is 419. The van der Waals surface area contributed by atoms with E-state index in [-0.39, 0.29) is 12.1 Å². The zero-order valence-electron chi connectivity index (χ0n) is 10.4. The first kappa shape index (κ1) is 12.9. The van der Waals surface area contributed by atoms with E-state index in [9.17, 15) is 4.79 Å². The van der Waals surface area contributed by atoms with Gasteiger partial charge < -0.3 is 20.5 Å². The monoisotopic (exact) mass is 250 g/mol. The van der Waals surface area contributed by atoms with Crippen LogP contribution in [-0.2, 0) is 11.3 Å². The maximum absolute atomic E-state index is 10.8. The van der Waals surface area contributed by atoms with Crippen molar-refractivity contribution in [3.63, 3.8) is 0 Å². The fourth-order valence-corrected chi connectivity index (χ4v) is 2.02. The number of likely N-dealkylation sites (tertiary alicyclic amines) is 1. The number of aryl methyl sites for hydroxylation is 1. The topological polar surface area (TPSA) is 75.8 Å². The maximum Gasteiger partial charge on any atom is 0.407 e. The maximum atomic E-state index is 10.8. The Morgan fingerprint density at radius 3 is 2.67 bits per heavy atom. The third-order valence-corrected chi connectivity index (χ3v) is 3.16. The molecular formula is C13H18N2O3. The van der Waals surface area contributed by atoms with Gasteiger partial charge in [0.15, 0.2) is 0 Å². The molecule has 1 aliphatic heterocycles. The van der Waals surface area contributed by atoms with Gasteiger partial charge in [-0.05, 0) is 12.5 Å². The van der Waals surface area contributed by atoms with Gasteiger partial charge in [-0.2, -0.15) is 0 Å². The second kappa shape index (κ2) is 5.37. The van der Waals surface area contributed by atoms with Gasteiger partial charge in [0.1, 0.15) is 0 Å². The van der Waals surface area contributed by atoms with Crippen molar-refractivity contribution < 1.29 is 14.6 Å². The van der Waals surface area contributed by atoms with Crippen molar-refractivity contribution in [3.05, 3.63) is 35.4 Å². The molecule has 0 bridgehead atoms. The molecule has 1 amide bonds. The summed E-state index contributed by atoms with van der Waals surface area (Å²) in [5.41, 5.74) is 8.14. The van der Waals surface area contributed by atoms with Gasteiger partial charge in [0.2, 0.25) is 0 Å². The molecule has 0 aromatic heterocycles. The van der Waals surface area contributed by atoms with E-state index in [1.807, 2.05) is 31.2 Å². The van der Waals surface area contributed by atoms with Crippen molar-refractivity contribution in [1.29, 1.82) is 0 Å². The fraction of sp³-hybridized carbons (Fsp3) is 0.462. The molecule has 3 N–H and O–H groups in total. The number of carbonyl (C=O) groups is 1. The summed E-state index contributed by atoms with van der Waals surface area (Å²) in [6, 6.07) is 7.81. The van der Waals surface area contributed by atoms with Crippen LogP contribution in [0.15, 0.2) is 24.3 Å². The average molecular weight is 250 g/mol. The van der Waals surface area contributed by atoms with Crippen LogP contribution in [0, 0.1) is 6.92 Å². The van der Waals surface area contributed by atoms with Gasteiger partial charge >= 0.3 is 6.09 Å². The highest BCUT2D eigenvalue weighted by Gasteiger charge is 2.33. The lowest BCUT2D eigenvalue weighted by molar-refractivity contribution is 0.0388. The van der Waals surface area contributed by atoms with E-state index in [0.717, 1.165) is 5.56 Å². The first-order valence-electron chi connectivity index (χ1n) is 5.97. The minimum Gasteiger partial charge on any atom is -0.465 e. The molecule has 2 atom stereocenters. The van der Waals surface area contributed by atoms with E-state index in [1.54, 1.807) is 0 Å². The highest BCUT2D eigenvalue weighted by Crippen LogP contribution is 2.14. The predicted molar refractivity (Wildman–Crippen MR) is 67.3 cm³/mol. The summed E-state index contributed by atoms with van der Waals surface area (Å²) >= 11 is 0. The predicted octanol–water partition coefficient (Wildman–Crippen LogP) is 1.20. The number of nitrogens with zero attached hydrogens (tertiary/aromatic N) is 1. The molecule has 5 nitrogen and oxygen atoms in total. The summed E-state index contributed by atoms with van der Waals surface area (Å²) in [5, 5.41) is 8.88. The summed E-state index contributed by atoms with van der Waals surface area (Å²) in [4.78, 5) is 12.1. The number of hydrogen-bond donors (Lipinski definition) is 2. The molecule has 0 radical (unpaired) electrons. The lowest BCUT2D eigenvalue weighted by Crippen LogP contribution is -2.35. The van der Waals surface area contributed by atoms with E-state index in [2.05, 4.69) is 0 Å². The van der Waals surface area contributed by atoms with Crippen LogP contribution in [0.4, 0.5) is 4.79 Å². The fourth-order valence-electron chi connectivity index (χ4n) is 2.02. The lowest BCUT2D eigenvalue weighted by atomic mass is 10.1. The van der Waals surface area contributed by atoms with Gasteiger partial charge in [-0.1, -0.05) is 29.8 Å². The third-order valence-electron chi connectivity index (χ3n) is 3.16. The summed E-state index contributed by atoms with van der Waals surface area (Å²) in [7, 11) is 0. The molecule has 18 heavy (non-hydrogen) atoms. The van der Waals surface area contributed by atoms with Crippen LogP contribution < -0.4 is 5.73 Å². The molecule has 5 heteroatoms. The quantitative estimate of drug-likeness (QED) is 0.845. The van der Waals surface area contributed by atoms with Crippen LogP contribution >= 0.6 is 0 Å². The third kappa shape index (κ3) is 3.00. The number of hydrogen-bond acceptors (Lipinski definition) is 3. The van der Waals surface area contributed by atoms with Gasteiger partial charge in [-0.25, -0.2) is 4.79 Å². The SMILES string of the molecule is Cc1ccc(CO[C@H]2CN(C(=O)O)C[C@@H]2N)cc1. The highest BCUT2D eigenvalue weighted by atomic mass is 16.5. The Hall–Kier alpha value is -1.59. The van der Waals surface area contributed by atoms with Crippen molar-refractivity contribution >= 4 is 6.09 Å². The van der Waals surface area contributed by atoms with Crippen molar-refractivity contribution in [2.45, 2.75) is 25.7 Å². The van der Waals surface area contributed by atoms with E-state index in [0.29, 0.717) is 19.7 Å². The lowest BCUT2D eigenvalue weighted by Gasteiger charge is -2.15. The van der Waals surface area contributed by atoms with Crippen LogP contribution in [0.25, 0.3) is 0 Å². The summed E-state index contributed by atoms with van der Waals surface area (Å²) < 4.78 is 5.69. The number of carboxylic acid groups (broad SMARTS) is 1. The largest absolute Gasteiger partial charge is 0.465 e. The summed E-state index contributed by atoms with van der Waals surface area (Å²) in [6.07, 6.45) is -1.16. The van der Waals surface area contributed by atoms with Gasteiger partial charge in [-0.15, -0.1) is 0 Å². The van der Waals surface area contributed by atoms with E-state index < -0.39 is 6.09 Å². The zero-order chi connectivity index (χ0) is 13.1.